The Kier molecular flexibility index (Phi) is 10.3. The van der Waals surface area contributed by atoms with E-state index < -0.39 is 0 Å². The summed E-state index contributed by atoms with van der Waals surface area (Å²) in [5.74, 6) is 0.437. The van der Waals surface area contributed by atoms with Crippen molar-refractivity contribution in [1.29, 1.82) is 0 Å². The standard InChI is InChI=1S/C19H32N/c1-3-4-5-6-7-8-9-10-11-12-13-18(2)19-14-16-20-17-15-19/h14-18H,2-13H2,1H3. The van der Waals surface area contributed by atoms with Crippen molar-refractivity contribution in [3.63, 3.8) is 0 Å². The van der Waals surface area contributed by atoms with E-state index in [-0.39, 0.29) is 0 Å². The lowest BCUT2D eigenvalue weighted by Gasteiger charge is -2.10. The molecular weight excluding hydrogens is 242 g/mol. The number of rotatable bonds is 12. The molecule has 0 N–H and O–H groups in total. The largest absolute Gasteiger partial charge is 0.265 e. The van der Waals surface area contributed by atoms with Crippen LogP contribution < -0.4 is 0 Å². The first-order valence-electron chi connectivity index (χ1n) is 8.57. The van der Waals surface area contributed by atoms with Crippen LogP contribution in [0.4, 0.5) is 0 Å². The summed E-state index contributed by atoms with van der Waals surface area (Å²) in [5, 5.41) is 0. The fourth-order valence-electron chi connectivity index (χ4n) is 2.68. The predicted octanol–water partition coefficient (Wildman–Crippen LogP) is 6.31. The van der Waals surface area contributed by atoms with Crippen molar-refractivity contribution < 1.29 is 0 Å². The fraction of sp³-hybridized carbons (Fsp3) is 0.684. The van der Waals surface area contributed by atoms with Crippen molar-refractivity contribution in [2.24, 2.45) is 0 Å². The van der Waals surface area contributed by atoms with Crippen molar-refractivity contribution in [1.82, 2.24) is 4.98 Å². The highest BCUT2D eigenvalue weighted by atomic mass is 14.6. The number of pyridine rings is 1. The summed E-state index contributed by atoms with van der Waals surface area (Å²) in [6.07, 6.45) is 19.0. The van der Waals surface area contributed by atoms with E-state index in [1.54, 1.807) is 0 Å². The van der Waals surface area contributed by atoms with Gasteiger partial charge in [0.25, 0.3) is 0 Å². The summed E-state index contributed by atoms with van der Waals surface area (Å²) in [6, 6.07) is 4.18. The van der Waals surface area contributed by atoms with E-state index in [1.807, 2.05) is 12.4 Å². The molecule has 20 heavy (non-hydrogen) atoms. The van der Waals surface area contributed by atoms with E-state index in [4.69, 9.17) is 0 Å². The van der Waals surface area contributed by atoms with Crippen LogP contribution in [0, 0.1) is 6.92 Å². The Morgan fingerprint density at radius 2 is 1.35 bits per heavy atom. The molecule has 0 aliphatic carbocycles. The van der Waals surface area contributed by atoms with Crippen LogP contribution in [0.5, 0.6) is 0 Å². The molecule has 0 aliphatic heterocycles. The van der Waals surface area contributed by atoms with Crippen LogP contribution in [0.3, 0.4) is 0 Å². The molecule has 1 heteroatoms. The third kappa shape index (κ3) is 8.35. The molecule has 0 aliphatic rings. The average Bonchev–Trinajstić information content (AvgIpc) is 2.50. The van der Waals surface area contributed by atoms with Gasteiger partial charge in [-0.25, -0.2) is 0 Å². The molecule has 1 unspecified atom stereocenters. The molecule has 0 saturated carbocycles. The molecule has 0 aromatic carbocycles. The van der Waals surface area contributed by atoms with Crippen LogP contribution in [-0.2, 0) is 0 Å². The number of hydrogen-bond acceptors (Lipinski definition) is 1. The molecule has 1 radical (unpaired) electrons. The average molecular weight is 274 g/mol. The van der Waals surface area contributed by atoms with Gasteiger partial charge in [-0.05, 0) is 37.0 Å². The minimum atomic E-state index is 0.437. The van der Waals surface area contributed by atoms with E-state index in [0.717, 1.165) is 0 Å². The van der Waals surface area contributed by atoms with Gasteiger partial charge in [0.2, 0.25) is 0 Å². The zero-order valence-electron chi connectivity index (χ0n) is 13.3. The highest BCUT2D eigenvalue weighted by molar-refractivity contribution is 5.16. The van der Waals surface area contributed by atoms with Crippen molar-refractivity contribution in [3.8, 4) is 0 Å². The molecule has 1 heterocycles. The van der Waals surface area contributed by atoms with E-state index >= 15 is 0 Å². The molecule has 0 saturated heterocycles. The normalized spacial score (nSPS) is 12.5. The Bertz CT molecular complexity index is 307. The highest BCUT2D eigenvalue weighted by Crippen LogP contribution is 2.21. The van der Waals surface area contributed by atoms with Crippen LogP contribution >= 0.6 is 0 Å². The van der Waals surface area contributed by atoms with Gasteiger partial charge < -0.3 is 0 Å². The second kappa shape index (κ2) is 11.9. The Morgan fingerprint density at radius 1 is 0.850 bits per heavy atom. The Balaban J connectivity index is 1.90. The number of unbranched alkanes of at least 4 members (excludes halogenated alkanes) is 9. The quantitative estimate of drug-likeness (QED) is 0.407. The Labute approximate surface area is 126 Å². The summed E-state index contributed by atoms with van der Waals surface area (Å²) >= 11 is 0. The molecule has 0 amide bonds. The number of nitrogens with zero attached hydrogens (tertiary/aromatic N) is 1. The van der Waals surface area contributed by atoms with E-state index in [1.165, 1.54) is 76.2 Å². The van der Waals surface area contributed by atoms with Gasteiger partial charge in [-0.3, -0.25) is 4.98 Å². The van der Waals surface area contributed by atoms with Gasteiger partial charge in [0, 0.05) is 12.4 Å². The van der Waals surface area contributed by atoms with Gasteiger partial charge >= 0.3 is 0 Å². The molecule has 113 valence electrons. The lowest BCUT2D eigenvalue weighted by molar-refractivity contribution is 0.542. The zero-order chi connectivity index (χ0) is 14.5. The van der Waals surface area contributed by atoms with Gasteiger partial charge in [0.1, 0.15) is 0 Å². The molecule has 0 fully saturated rings. The smallest absolute Gasteiger partial charge is 0.0270 e. The molecular formula is C19H32N. The summed E-state index contributed by atoms with van der Waals surface area (Å²) in [6.45, 7) is 6.54. The second-order valence-corrected chi connectivity index (χ2v) is 5.95. The second-order valence-electron chi connectivity index (χ2n) is 5.95. The van der Waals surface area contributed by atoms with Crippen LogP contribution in [0.25, 0.3) is 0 Å². The summed E-state index contributed by atoms with van der Waals surface area (Å²) in [4.78, 5) is 4.06. The van der Waals surface area contributed by atoms with Gasteiger partial charge in [-0.1, -0.05) is 71.1 Å². The molecule has 1 nitrogen and oxygen atoms in total. The van der Waals surface area contributed by atoms with Crippen LogP contribution in [-0.4, -0.2) is 4.98 Å². The fourth-order valence-corrected chi connectivity index (χ4v) is 2.68. The first-order valence-corrected chi connectivity index (χ1v) is 8.57. The highest BCUT2D eigenvalue weighted by Gasteiger charge is 2.04. The van der Waals surface area contributed by atoms with Crippen molar-refractivity contribution in [3.05, 3.63) is 37.0 Å². The number of hydrogen-bond donors (Lipinski definition) is 0. The Morgan fingerprint density at radius 3 is 1.90 bits per heavy atom. The maximum atomic E-state index is 4.26. The third-order valence-electron chi connectivity index (χ3n) is 4.08. The van der Waals surface area contributed by atoms with Crippen molar-refractivity contribution >= 4 is 0 Å². The first kappa shape index (κ1) is 17.2. The minimum absolute atomic E-state index is 0.437. The van der Waals surface area contributed by atoms with Crippen molar-refractivity contribution in [2.75, 3.05) is 0 Å². The monoisotopic (exact) mass is 274 g/mol. The van der Waals surface area contributed by atoms with Gasteiger partial charge in [0.05, 0.1) is 0 Å². The van der Waals surface area contributed by atoms with E-state index in [0.29, 0.717) is 5.92 Å². The summed E-state index contributed by atoms with van der Waals surface area (Å²) in [5.41, 5.74) is 1.33. The predicted molar refractivity (Wildman–Crippen MR) is 88.8 cm³/mol. The molecule has 1 aromatic heterocycles. The molecule has 1 aromatic rings. The summed E-state index contributed by atoms with van der Waals surface area (Å²) in [7, 11) is 0. The molecule has 0 spiro atoms. The van der Waals surface area contributed by atoms with Crippen molar-refractivity contribution in [2.45, 2.75) is 83.5 Å². The molecule has 0 bridgehead atoms. The maximum Gasteiger partial charge on any atom is 0.0270 e. The lowest BCUT2D eigenvalue weighted by atomic mass is 9.95. The van der Waals surface area contributed by atoms with E-state index in [2.05, 4.69) is 31.0 Å². The molecule has 1 rings (SSSR count). The van der Waals surface area contributed by atoms with Crippen LogP contribution in [0.2, 0.25) is 0 Å². The first-order chi connectivity index (χ1) is 9.84. The number of aromatic nitrogens is 1. The van der Waals surface area contributed by atoms with Gasteiger partial charge in [-0.15, -0.1) is 0 Å². The maximum absolute atomic E-state index is 4.26. The SMILES string of the molecule is [CH2]C(CCCCCCCCCCCC)c1ccncc1. The zero-order valence-corrected chi connectivity index (χ0v) is 13.3. The van der Waals surface area contributed by atoms with Crippen LogP contribution in [0.15, 0.2) is 24.5 Å². The third-order valence-corrected chi connectivity index (χ3v) is 4.08. The minimum Gasteiger partial charge on any atom is -0.265 e. The van der Waals surface area contributed by atoms with Gasteiger partial charge in [-0.2, -0.15) is 0 Å². The van der Waals surface area contributed by atoms with E-state index in [9.17, 15) is 0 Å². The topological polar surface area (TPSA) is 12.9 Å². The van der Waals surface area contributed by atoms with Crippen LogP contribution in [0.1, 0.15) is 89.0 Å². The Hall–Kier alpha value is -0.850. The lowest BCUT2D eigenvalue weighted by Crippen LogP contribution is -1.94. The summed E-state index contributed by atoms with van der Waals surface area (Å²) < 4.78 is 0. The molecule has 1 atom stereocenters. The van der Waals surface area contributed by atoms with Gasteiger partial charge in [0.15, 0.2) is 0 Å².